The molecule has 1 rings (SSSR count). The number of benzene rings is 1. The molecule has 1 aromatic rings. The molecule has 0 aliphatic rings. The highest BCUT2D eigenvalue weighted by Crippen LogP contribution is 2.08. The first kappa shape index (κ1) is 22.4. The first-order chi connectivity index (χ1) is 12.4. The summed E-state index contributed by atoms with van der Waals surface area (Å²) in [5.74, 6) is 1.24. The van der Waals surface area contributed by atoms with Crippen molar-refractivity contribution < 1.29 is 13.2 Å². The van der Waals surface area contributed by atoms with Crippen LogP contribution in [0.2, 0.25) is 0 Å². The van der Waals surface area contributed by atoms with Gasteiger partial charge < -0.3 is 15.4 Å². The van der Waals surface area contributed by atoms with E-state index in [4.69, 9.17) is 4.74 Å². The summed E-state index contributed by atoms with van der Waals surface area (Å²) in [6, 6.07) is 7.51. The van der Waals surface area contributed by atoms with Crippen LogP contribution in [0, 0.1) is 5.92 Å². The predicted octanol–water partition coefficient (Wildman–Crippen LogP) is 1.46. The van der Waals surface area contributed by atoms with E-state index in [1.807, 2.05) is 24.3 Å². The number of sulfonamides is 1. The summed E-state index contributed by atoms with van der Waals surface area (Å²) in [7, 11) is -0.125. The molecular weight excluding hydrogens is 352 g/mol. The Balaban J connectivity index is 2.39. The third kappa shape index (κ3) is 9.74. The fourth-order valence-corrected chi connectivity index (χ4v) is 2.99. The monoisotopic (exact) mass is 384 g/mol. The molecule has 0 aliphatic heterocycles. The van der Waals surface area contributed by atoms with Crippen LogP contribution >= 0.6 is 0 Å². The smallest absolute Gasteiger partial charge is 0.215 e. The van der Waals surface area contributed by atoms with Crippen LogP contribution in [0.5, 0.6) is 0 Å². The van der Waals surface area contributed by atoms with Gasteiger partial charge in [-0.3, -0.25) is 4.99 Å². The zero-order chi connectivity index (χ0) is 19.4. The van der Waals surface area contributed by atoms with Crippen LogP contribution in [0.1, 0.15) is 31.4 Å². The second-order valence-electron chi connectivity index (χ2n) is 6.46. The molecule has 0 aliphatic carbocycles. The van der Waals surface area contributed by atoms with Crippen molar-refractivity contribution in [2.24, 2.45) is 10.9 Å². The molecular formula is C18H32N4O3S. The van der Waals surface area contributed by atoms with Crippen LogP contribution in [-0.2, 0) is 27.1 Å². The number of nitrogens with one attached hydrogen (secondary N) is 3. The lowest BCUT2D eigenvalue weighted by molar-refractivity contribution is 0.108. The van der Waals surface area contributed by atoms with Gasteiger partial charge in [-0.15, -0.1) is 0 Å². The molecule has 148 valence electrons. The number of nitrogens with zero attached hydrogens (tertiary/aromatic N) is 1. The number of aliphatic imine (C=N–C) groups is 1. The highest BCUT2D eigenvalue weighted by atomic mass is 32.2. The second kappa shape index (κ2) is 11.9. The van der Waals surface area contributed by atoms with Gasteiger partial charge in [0.05, 0.1) is 5.75 Å². The van der Waals surface area contributed by atoms with Crippen molar-refractivity contribution >= 4 is 16.0 Å². The molecule has 7 nitrogen and oxygen atoms in total. The largest absolute Gasteiger partial charge is 0.381 e. The summed E-state index contributed by atoms with van der Waals surface area (Å²) in [5, 5.41) is 6.47. The van der Waals surface area contributed by atoms with Crippen molar-refractivity contribution in [2.45, 2.75) is 32.6 Å². The van der Waals surface area contributed by atoms with Gasteiger partial charge in [0, 0.05) is 33.4 Å². The molecule has 3 N–H and O–H groups in total. The first-order valence-electron chi connectivity index (χ1n) is 8.87. The van der Waals surface area contributed by atoms with Crippen molar-refractivity contribution in [3.8, 4) is 0 Å². The Morgan fingerprint density at radius 1 is 1.23 bits per heavy atom. The van der Waals surface area contributed by atoms with Gasteiger partial charge in [-0.1, -0.05) is 38.1 Å². The fourth-order valence-electron chi connectivity index (χ4n) is 2.23. The highest BCUT2D eigenvalue weighted by Gasteiger charge is 2.09. The Bertz CT molecular complexity index is 660. The van der Waals surface area contributed by atoms with Crippen LogP contribution in [0.25, 0.3) is 0 Å². The molecule has 0 atom stereocenters. The number of hydrogen-bond acceptors (Lipinski definition) is 4. The summed E-state index contributed by atoms with van der Waals surface area (Å²) in [6.45, 7) is 7.12. The van der Waals surface area contributed by atoms with Crippen molar-refractivity contribution in [1.29, 1.82) is 0 Å². The molecule has 0 aromatic heterocycles. The van der Waals surface area contributed by atoms with Gasteiger partial charge in [0.1, 0.15) is 0 Å². The lowest BCUT2D eigenvalue weighted by atomic mass is 10.1. The standard InChI is InChI=1S/C18H32N4O3S/c1-15(2)13-25-10-6-9-21-18(19-3)22-12-16-7-5-8-17(11-16)14-26(23,24)20-4/h5,7-8,11,15,20H,6,9-10,12-14H2,1-4H3,(H2,19,21,22). The minimum atomic E-state index is -3.27. The van der Waals surface area contributed by atoms with Crippen LogP contribution in [-0.4, -0.2) is 48.2 Å². The fraction of sp³-hybridized carbons (Fsp3) is 0.611. The van der Waals surface area contributed by atoms with Gasteiger partial charge >= 0.3 is 0 Å². The molecule has 0 radical (unpaired) electrons. The summed E-state index contributed by atoms with van der Waals surface area (Å²) in [4.78, 5) is 4.19. The maximum Gasteiger partial charge on any atom is 0.215 e. The van der Waals surface area contributed by atoms with Gasteiger partial charge in [0.15, 0.2) is 5.96 Å². The van der Waals surface area contributed by atoms with E-state index < -0.39 is 10.0 Å². The SMILES string of the molecule is CN=C(NCCCOCC(C)C)NCc1cccc(CS(=O)(=O)NC)c1. The quantitative estimate of drug-likeness (QED) is 0.305. The van der Waals surface area contributed by atoms with E-state index in [-0.39, 0.29) is 5.75 Å². The average molecular weight is 385 g/mol. The molecule has 0 saturated heterocycles. The van der Waals surface area contributed by atoms with Gasteiger partial charge in [-0.25, -0.2) is 13.1 Å². The lowest BCUT2D eigenvalue weighted by Gasteiger charge is -2.13. The van der Waals surface area contributed by atoms with Gasteiger partial charge in [-0.05, 0) is 30.5 Å². The normalized spacial score (nSPS) is 12.4. The van der Waals surface area contributed by atoms with E-state index in [1.54, 1.807) is 7.05 Å². The number of rotatable bonds is 11. The Morgan fingerprint density at radius 3 is 2.62 bits per heavy atom. The van der Waals surface area contributed by atoms with Crippen molar-refractivity contribution in [1.82, 2.24) is 15.4 Å². The molecule has 26 heavy (non-hydrogen) atoms. The maximum atomic E-state index is 11.7. The van der Waals surface area contributed by atoms with Crippen molar-refractivity contribution in [2.75, 3.05) is 33.9 Å². The molecule has 0 bridgehead atoms. The van der Waals surface area contributed by atoms with Crippen molar-refractivity contribution in [3.05, 3.63) is 35.4 Å². The highest BCUT2D eigenvalue weighted by molar-refractivity contribution is 7.88. The van der Waals surface area contributed by atoms with E-state index in [9.17, 15) is 8.42 Å². The third-order valence-corrected chi connectivity index (χ3v) is 4.89. The summed E-state index contributed by atoms with van der Waals surface area (Å²) < 4.78 is 31.2. The molecule has 0 saturated carbocycles. The van der Waals surface area contributed by atoms with E-state index in [0.717, 1.165) is 37.3 Å². The summed E-state index contributed by atoms with van der Waals surface area (Å²) >= 11 is 0. The minimum absolute atomic E-state index is 0.0271. The van der Waals surface area contributed by atoms with E-state index >= 15 is 0 Å². The van der Waals surface area contributed by atoms with E-state index in [2.05, 4.69) is 34.2 Å². The number of ether oxygens (including phenoxy) is 1. The van der Waals surface area contributed by atoms with E-state index in [1.165, 1.54) is 7.05 Å². The van der Waals surface area contributed by atoms with Gasteiger partial charge in [-0.2, -0.15) is 0 Å². The van der Waals surface area contributed by atoms with Crippen LogP contribution in [0.4, 0.5) is 0 Å². The Hall–Kier alpha value is -1.64. The Morgan fingerprint density at radius 2 is 1.96 bits per heavy atom. The Labute approximate surface area is 157 Å². The number of hydrogen-bond donors (Lipinski definition) is 3. The molecule has 0 spiro atoms. The molecule has 0 heterocycles. The summed E-state index contributed by atoms with van der Waals surface area (Å²) in [6.07, 6.45) is 0.908. The second-order valence-corrected chi connectivity index (χ2v) is 8.38. The van der Waals surface area contributed by atoms with E-state index in [0.29, 0.717) is 18.4 Å². The first-order valence-corrected chi connectivity index (χ1v) is 10.5. The number of guanidine groups is 1. The molecule has 1 aromatic carbocycles. The predicted molar refractivity (Wildman–Crippen MR) is 107 cm³/mol. The van der Waals surface area contributed by atoms with Crippen molar-refractivity contribution in [3.63, 3.8) is 0 Å². The molecule has 0 unspecified atom stereocenters. The van der Waals surface area contributed by atoms with Crippen LogP contribution in [0.3, 0.4) is 0 Å². The van der Waals surface area contributed by atoms with Crippen LogP contribution < -0.4 is 15.4 Å². The van der Waals surface area contributed by atoms with Gasteiger partial charge in [0.25, 0.3) is 0 Å². The lowest BCUT2D eigenvalue weighted by Crippen LogP contribution is -2.37. The maximum absolute atomic E-state index is 11.7. The Kier molecular flexibility index (Phi) is 10.2. The zero-order valence-electron chi connectivity index (χ0n) is 16.2. The molecule has 8 heteroatoms. The third-order valence-electron chi connectivity index (χ3n) is 3.55. The molecule has 0 fully saturated rings. The summed E-state index contributed by atoms with van der Waals surface area (Å²) in [5.41, 5.74) is 1.75. The molecule has 0 amide bonds. The van der Waals surface area contributed by atoms with Gasteiger partial charge in [0.2, 0.25) is 10.0 Å². The zero-order valence-corrected chi connectivity index (χ0v) is 17.0. The van der Waals surface area contributed by atoms with Crippen LogP contribution in [0.15, 0.2) is 29.3 Å². The average Bonchev–Trinajstić information content (AvgIpc) is 2.60. The topological polar surface area (TPSA) is 91.8 Å². The minimum Gasteiger partial charge on any atom is -0.381 e.